The molecule has 0 saturated heterocycles. The third-order valence-electron chi connectivity index (χ3n) is 4.01. The van der Waals surface area contributed by atoms with Gasteiger partial charge >= 0.3 is 0 Å². The highest BCUT2D eigenvalue weighted by Crippen LogP contribution is 2.33. The SMILES string of the molecule is CN(c1cn(C)c2cc(C3=NCCS3)[nH]c12)S(=O)(=O)c1cccs1. The molecule has 1 aliphatic rings. The molecule has 0 aromatic carbocycles. The lowest BCUT2D eigenvalue weighted by molar-refractivity contribution is 0.596. The van der Waals surface area contributed by atoms with Crippen molar-refractivity contribution in [2.45, 2.75) is 4.21 Å². The number of thiophene rings is 1. The number of fused-ring (bicyclic) bond motifs is 1. The number of aromatic amines is 1. The van der Waals surface area contributed by atoms with E-state index in [0.717, 1.165) is 34.1 Å². The van der Waals surface area contributed by atoms with Gasteiger partial charge in [-0.05, 0) is 17.5 Å². The smallest absolute Gasteiger partial charge is 0.273 e. The molecular weight excluding hydrogens is 364 g/mol. The maximum Gasteiger partial charge on any atom is 0.273 e. The number of thioether (sulfide) groups is 1. The van der Waals surface area contributed by atoms with Crippen LogP contribution < -0.4 is 4.31 Å². The zero-order chi connectivity index (χ0) is 16.9. The lowest BCUT2D eigenvalue weighted by atomic mass is 10.4. The summed E-state index contributed by atoms with van der Waals surface area (Å²) in [6, 6.07) is 5.40. The minimum atomic E-state index is -3.55. The molecule has 4 rings (SSSR count). The van der Waals surface area contributed by atoms with Gasteiger partial charge in [0.2, 0.25) is 0 Å². The van der Waals surface area contributed by atoms with Crippen LogP contribution in [0.4, 0.5) is 5.69 Å². The van der Waals surface area contributed by atoms with Crippen LogP contribution in [-0.2, 0) is 17.1 Å². The van der Waals surface area contributed by atoms with Gasteiger partial charge in [0.05, 0.1) is 22.4 Å². The van der Waals surface area contributed by atoms with Gasteiger partial charge in [-0.3, -0.25) is 9.30 Å². The van der Waals surface area contributed by atoms with Crippen LogP contribution in [0.5, 0.6) is 0 Å². The number of aryl methyl sites for hydroxylation is 1. The first kappa shape index (κ1) is 15.8. The lowest BCUT2D eigenvalue weighted by Crippen LogP contribution is -2.25. The molecule has 0 amide bonds. The summed E-state index contributed by atoms with van der Waals surface area (Å²) in [4.78, 5) is 7.83. The van der Waals surface area contributed by atoms with Crippen molar-refractivity contribution in [3.05, 3.63) is 35.5 Å². The first-order valence-corrected chi connectivity index (χ1v) is 10.7. The van der Waals surface area contributed by atoms with Crippen molar-refractivity contribution < 1.29 is 8.42 Å². The number of anilines is 1. The van der Waals surface area contributed by atoms with Gasteiger partial charge in [-0.1, -0.05) is 6.07 Å². The lowest BCUT2D eigenvalue weighted by Gasteiger charge is -2.17. The fourth-order valence-corrected chi connectivity index (χ4v) is 5.94. The topological polar surface area (TPSA) is 70.5 Å². The fourth-order valence-electron chi connectivity index (χ4n) is 2.76. The van der Waals surface area contributed by atoms with Crippen molar-refractivity contribution in [1.82, 2.24) is 9.55 Å². The van der Waals surface area contributed by atoms with Crippen LogP contribution in [-0.4, -0.2) is 42.4 Å². The highest BCUT2D eigenvalue weighted by molar-refractivity contribution is 8.14. The standard InChI is InChI=1S/C15H16N4O2S3/c1-18-9-12(19(2)24(20,21)13-4-3-6-22-13)14-11(18)8-10(17-14)15-16-5-7-23-15/h3-4,6,8-9,17H,5,7H2,1-2H3. The summed E-state index contributed by atoms with van der Waals surface area (Å²) in [5.41, 5.74) is 3.35. The zero-order valence-corrected chi connectivity index (χ0v) is 15.6. The van der Waals surface area contributed by atoms with Crippen LogP contribution >= 0.6 is 23.1 Å². The molecule has 0 atom stereocenters. The largest absolute Gasteiger partial charge is 0.350 e. The Labute approximate surface area is 148 Å². The number of rotatable bonds is 4. The van der Waals surface area contributed by atoms with Crippen molar-refractivity contribution in [2.24, 2.45) is 12.0 Å². The van der Waals surface area contributed by atoms with Crippen molar-refractivity contribution >= 4 is 54.9 Å². The molecule has 9 heteroatoms. The molecule has 126 valence electrons. The highest BCUT2D eigenvalue weighted by atomic mass is 32.2. The number of sulfonamides is 1. The van der Waals surface area contributed by atoms with Gasteiger partial charge in [0.1, 0.15) is 9.25 Å². The Kier molecular flexibility index (Phi) is 3.74. The number of nitrogens with one attached hydrogen (secondary N) is 1. The highest BCUT2D eigenvalue weighted by Gasteiger charge is 2.26. The minimum Gasteiger partial charge on any atom is -0.350 e. The molecule has 4 heterocycles. The van der Waals surface area contributed by atoms with Crippen molar-refractivity contribution in [3.63, 3.8) is 0 Å². The molecule has 0 saturated carbocycles. The molecular formula is C15H16N4O2S3. The normalized spacial score (nSPS) is 15.2. The Morgan fingerprint density at radius 2 is 2.25 bits per heavy atom. The first-order chi connectivity index (χ1) is 11.5. The molecule has 1 aliphatic heterocycles. The molecule has 0 bridgehead atoms. The van der Waals surface area contributed by atoms with Crippen LogP contribution in [0.15, 0.2) is 39.0 Å². The van der Waals surface area contributed by atoms with Gasteiger partial charge in [-0.25, -0.2) is 8.42 Å². The number of hydrogen-bond acceptors (Lipinski definition) is 5. The average Bonchev–Trinajstić information content (AvgIpc) is 3.32. The summed E-state index contributed by atoms with van der Waals surface area (Å²) in [6.45, 7) is 0.828. The van der Waals surface area contributed by atoms with Crippen LogP contribution in [0.3, 0.4) is 0 Å². The summed E-state index contributed by atoms with van der Waals surface area (Å²) in [7, 11) is -0.0487. The molecule has 0 fully saturated rings. The van der Waals surface area contributed by atoms with E-state index in [9.17, 15) is 8.42 Å². The minimum absolute atomic E-state index is 0.338. The Hall–Kier alpha value is -1.71. The Morgan fingerprint density at radius 1 is 1.42 bits per heavy atom. The number of nitrogens with zero attached hydrogens (tertiary/aromatic N) is 3. The molecule has 6 nitrogen and oxygen atoms in total. The molecule has 24 heavy (non-hydrogen) atoms. The molecule has 3 aromatic rings. The van der Waals surface area contributed by atoms with Gasteiger partial charge in [0.15, 0.2) is 0 Å². The van der Waals surface area contributed by atoms with Crippen LogP contribution in [0, 0.1) is 0 Å². The molecule has 3 aromatic heterocycles. The second kappa shape index (κ2) is 5.68. The third-order valence-corrected chi connectivity index (χ3v) is 8.17. The molecule has 0 unspecified atom stereocenters. The van der Waals surface area contributed by atoms with Crippen molar-refractivity contribution in [1.29, 1.82) is 0 Å². The number of aromatic nitrogens is 2. The Bertz CT molecular complexity index is 1030. The van der Waals surface area contributed by atoms with Crippen LogP contribution in [0.1, 0.15) is 5.69 Å². The van der Waals surface area contributed by atoms with E-state index >= 15 is 0 Å². The van der Waals surface area contributed by atoms with E-state index in [1.807, 2.05) is 23.9 Å². The summed E-state index contributed by atoms with van der Waals surface area (Å²) in [6.07, 6.45) is 1.83. The third kappa shape index (κ3) is 2.38. The van der Waals surface area contributed by atoms with E-state index in [1.165, 1.54) is 15.6 Å². The fraction of sp³-hybridized carbons (Fsp3) is 0.267. The Balaban J connectivity index is 1.82. The van der Waals surface area contributed by atoms with Gasteiger partial charge in [0, 0.05) is 32.6 Å². The second-order valence-corrected chi connectivity index (χ2v) is 9.74. The summed E-state index contributed by atoms with van der Waals surface area (Å²) in [5, 5.41) is 2.75. The van der Waals surface area contributed by atoms with E-state index in [-0.39, 0.29) is 0 Å². The predicted octanol–water partition coefficient (Wildman–Crippen LogP) is 2.89. The maximum atomic E-state index is 12.8. The molecule has 0 spiro atoms. The average molecular weight is 381 g/mol. The predicted molar refractivity (Wildman–Crippen MR) is 101 cm³/mol. The summed E-state index contributed by atoms with van der Waals surface area (Å²) in [5.74, 6) is 0.990. The summed E-state index contributed by atoms with van der Waals surface area (Å²) >= 11 is 2.94. The number of hydrogen-bond donors (Lipinski definition) is 1. The maximum absolute atomic E-state index is 12.8. The van der Waals surface area contributed by atoms with E-state index in [4.69, 9.17) is 0 Å². The molecule has 0 aliphatic carbocycles. The van der Waals surface area contributed by atoms with Crippen LogP contribution in [0.2, 0.25) is 0 Å². The second-order valence-electron chi connectivity index (χ2n) is 5.51. The molecule has 1 N–H and O–H groups in total. The van der Waals surface area contributed by atoms with E-state index in [1.54, 1.807) is 36.3 Å². The van der Waals surface area contributed by atoms with Gasteiger partial charge < -0.3 is 9.55 Å². The van der Waals surface area contributed by atoms with E-state index in [0.29, 0.717) is 9.90 Å². The zero-order valence-electron chi connectivity index (χ0n) is 13.2. The van der Waals surface area contributed by atoms with E-state index in [2.05, 4.69) is 9.98 Å². The quantitative estimate of drug-likeness (QED) is 0.757. The summed E-state index contributed by atoms with van der Waals surface area (Å²) < 4.78 is 29.2. The van der Waals surface area contributed by atoms with Crippen molar-refractivity contribution in [2.75, 3.05) is 23.7 Å². The van der Waals surface area contributed by atoms with Crippen molar-refractivity contribution in [3.8, 4) is 0 Å². The number of aliphatic imine (C=N–C) groups is 1. The monoisotopic (exact) mass is 380 g/mol. The molecule has 0 radical (unpaired) electrons. The van der Waals surface area contributed by atoms with E-state index < -0.39 is 10.0 Å². The van der Waals surface area contributed by atoms with Gasteiger partial charge in [-0.2, -0.15) is 0 Å². The number of H-pyrrole nitrogens is 1. The Morgan fingerprint density at radius 3 is 2.92 bits per heavy atom. The first-order valence-electron chi connectivity index (χ1n) is 7.36. The van der Waals surface area contributed by atoms with Gasteiger partial charge in [-0.15, -0.1) is 23.1 Å². The van der Waals surface area contributed by atoms with Crippen LogP contribution in [0.25, 0.3) is 11.0 Å². The van der Waals surface area contributed by atoms with Gasteiger partial charge in [0.25, 0.3) is 10.0 Å².